The summed E-state index contributed by atoms with van der Waals surface area (Å²) < 4.78 is 11.9. The smallest absolute Gasteiger partial charge is 0.248 e. The van der Waals surface area contributed by atoms with Gasteiger partial charge in [-0.15, -0.1) is 0 Å². The standard InChI is InChI=1S/C29H27NO4/c1-5-33-28-19(3)29-25(26(17-34-29)22-9-7-6-8-10-22)16-24(28)18(2)15-27(32)30-23-13-11-21(12-14-23)20(4)31/h6-17H,5H2,1-4H3,(H,30,32)/b18-15+. The first-order valence-electron chi connectivity index (χ1n) is 11.2. The Hall–Kier alpha value is -4.12. The van der Waals surface area contributed by atoms with Gasteiger partial charge in [0.1, 0.15) is 11.3 Å². The highest BCUT2D eigenvalue weighted by Gasteiger charge is 2.19. The Kier molecular flexibility index (Phi) is 6.64. The van der Waals surface area contributed by atoms with E-state index in [1.807, 2.05) is 57.2 Å². The molecule has 0 radical (unpaired) electrons. The highest BCUT2D eigenvalue weighted by molar-refractivity contribution is 6.06. The lowest BCUT2D eigenvalue weighted by Crippen LogP contribution is -2.09. The Morgan fingerprint density at radius 3 is 2.38 bits per heavy atom. The third kappa shape index (κ3) is 4.64. The number of hydrogen-bond donors (Lipinski definition) is 1. The van der Waals surface area contributed by atoms with E-state index in [-0.39, 0.29) is 11.7 Å². The number of rotatable bonds is 7. The Morgan fingerprint density at radius 2 is 1.74 bits per heavy atom. The Labute approximate surface area is 199 Å². The molecule has 34 heavy (non-hydrogen) atoms. The number of allylic oxidation sites excluding steroid dienone is 1. The number of benzene rings is 3. The predicted molar refractivity (Wildman–Crippen MR) is 136 cm³/mol. The number of hydrogen-bond acceptors (Lipinski definition) is 4. The molecule has 1 amide bonds. The van der Waals surface area contributed by atoms with Crippen LogP contribution < -0.4 is 10.1 Å². The normalized spacial score (nSPS) is 11.5. The molecule has 1 heterocycles. The van der Waals surface area contributed by atoms with Gasteiger partial charge >= 0.3 is 0 Å². The number of furan rings is 1. The summed E-state index contributed by atoms with van der Waals surface area (Å²) in [6.45, 7) is 7.80. The van der Waals surface area contributed by atoms with Crippen LogP contribution in [0.5, 0.6) is 5.75 Å². The van der Waals surface area contributed by atoms with Crippen molar-refractivity contribution in [3.8, 4) is 16.9 Å². The van der Waals surface area contributed by atoms with Crippen molar-refractivity contribution in [2.75, 3.05) is 11.9 Å². The Balaban J connectivity index is 1.72. The maximum atomic E-state index is 12.8. The third-order valence-corrected chi connectivity index (χ3v) is 5.75. The molecule has 0 spiro atoms. The number of carbonyl (C=O) groups is 2. The molecular weight excluding hydrogens is 426 g/mol. The van der Waals surface area contributed by atoms with Crippen molar-refractivity contribution >= 4 is 33.9 Å². The van der Waals surface area contributed by atoms with Crippen molar-refractivity contribution in [3.63, 3.8) is 0 Å². The topological polar surface area (TPSA) is 68.5 Å². The van der Waals surface area contributed by atoms with E-state index in [0.29, 0.717) is 23.6 Å². The first-order valence-corrected chi connectivity index (χ1v) is 11.2. The fraction of sp³-hybridized carbons (Fsp3) is 0.172. The maximum Gasteiger partial charge on any atom is 0.248 e. The molecule has 0 unspecified atom stereocenters. The number of carbonyl (C=O) groups excluding carboxylic acids is 2. The lowest BCUT2D eigenvalue weighted by atomic mass is 9.96. The number of fused-ring (bicyclic) bond motifs is 1. The third-order valence-electron chi connectivity index (χ3n) is 5.75. The SMILES string of the molecule is CCOc1c(/C(C)=C/C(=O)Nc2ccc(C(C)=O)cc2)cc2c(-c3ccccc3)coc2c1C. The van der Waals surface area contributed by atoms with Gasteiger partial charge in [0, 0.05) is 39.4 Å². The Morgan fingerprint density at radius 1 is 1.03 bits per heavy atom. The molecule has 4 rings (SSSR count). The summed E-state index contributed by atoms with van der Waals surface area (Å²) in [4.78, 5) is 24.2. The van der Waals surface area contributed by atoms with Gasteiger partial charge in [-0.05, 0) is 69.2 Å². The Bertz CT molecular complexity index is 1380. The molecule has 5 nitrogen and oxygen atoms in total. The maximum absolute atomic E-state index is 12.8. The summed E-state index contributed by atoms with van der Waals surface area (Å²) in [5.74, 6) is 0.428. The summed E-state index contributed by atoms with van der Waals surface area (Å²) in [6.07, 6.45) is 3.33. The number of ketones is 1. The van der Waals surface area contributed by atoms with Gasteiger partial charge < -0.3 is 14.5 Å². The second-order valence-electron chi connectivity index (χ2n) is 8.15. The molecule has 0 atom stereocenters. The van der Waals surface area contributed by atoms with Crippen LogP contribution in [0, 0.1) is 6.92 Å². The highest BCUT2D eigenvalue weighted by Crippen LogP contribution is 2.40. The van der Waals surface area contributed by atoms with Crippen LogP contribution in [-0.2, 0) is 4.79 Å². The van der Waals surface area contributed by atoms with E-state index in [0.717, 1.165) is 38.8 Å². The van der Waals surface area contributed by atoms with Gasteiger partial charge in [-0.2, -0.15) is 0 Å². The zero-order valence-corrected chi connectivity index (χ0v) is 19.8. The minimum absolute atomic E-state index is 0.0167. The van der Waals surface area contributed by atoms with Gasteiger partial charge in [-0.3, -0.25) is 9.59 Å². The van der Waals surface area contributed by atoms with E-state index in [1.165, 1.54) is 6.92 Å². The first kappa shape index (κ1) is 23.1. The van der Waals surface area contributed by atoms with Crippen molar-refractivity contribution in [2.45, 2.75) is 27.7 Å². The van der Waals surface area contributed by atoms with Crippen LogP contribution >= 0.6 is 0 Å². The molecule has 0 saturated carbocycles. The molecule has 5 heteroatoms. The van der Waals surface area contributed by atoms with Gasteiger partial charge in [0.05, 0.1) is 12.9 Å². The molecule has 0 aliphatic carbocycles. The number of Topliss-reactive ketones (excluding diaryl/α,β-unsaturated/α-hetero) is 1. The van der Waals surface area contributed by atoms with Crippen LogP contribution in [0.2, 0.25) is 0 Å². The van der Waals surface area contributed by atoms with E-state index in [2.05, 4.69) is 5.32 Å². The number of anilines is 1. The fourth-order valence-electron chi connectivity index (χ4n) is 4.02. The average molecular weight is 454 g/mol. The lowest BCUT2D eigenvalue weighted by Gasteiger charge is -2.15. The van der Waals surface area contributed by atoms with Gasteiger partial charge in [0.25, 0.3) is 0 Å². The van der Waals surface area contributed by atoms with Crippen LogP contribution in [0.1, 0.15) is 42.3 Å². The van der Waals surface area contributed by atoms with Crippen molar-refractivity contribution in [2.24, 2.45) is 0 Å². The van der Waals surface area contributed by atoms with Gasteiger partial charge in [0.2, 0.25) is 5.91 Å². The monoisotopic (exact) mass is 453 g/mol. The molecule has 172 valence electrons. The van der Waals surface area contributed by atoms with E-state index in [9.17, 15) is 9.59 Å². The van der Waals surface area contributed by atoms with Crippen LogP contribution in [0.15, 0.2) is 77.4 Å². The van der Waals surface area contributed by atoms with Gasteiger partial charge in [-0.1, -0.05) is 30.3 Å². The second-order valence-corrected chi connectivity index (χ2v) is 8.15. The summed E-state index contributed by atoms with van der Waals surface area (Å²) in [6, 6.07) is 18.9. The minimum Gasteiger partial charge on any atom is -0.493 e. The molecule has 1 N–H and O–H groups in total. The molecule has 0 fully saturated rings. The lowest BCUT2D eigenvalue weighted by molar-refractivity contribution is -0.111. The first-order chi connectivity index (χ1) is 16.4. The van der Waals surface area contributed by atoms with Crippen molar-refractivity contribution in [1.29, 1.82) is 0 Å². The van der Waals surface area contributed by atoms with Gasteiger partial charge in [-0.25, -0.2) is 0 Å². The van der Waals surface area contributed by atoms with Crippen LogP contribution in [0.25, 0.3) is 27.7 Å². The molecule has 0 aliphatic heterocycles. The van der Waals surface area contributed by atoms with E-state index >= 15 is 0 Å². The van der Waals surface area contributed by atoms with Gasteiger partial charge in [0.15, 0.2) is 5.78 Å². The molecule has 1 aromatic heterocycles. The quantitative estimate of drug-likeness (QED) is 0.240. The summed E-state index contributed by atoms with van der Waals surface area (Å²) in [5, 5.41) is 3.83. The van der Waals surface area contributed by atoms with E-state index in [1.54, 1.807) is 36.6 Å². The number of nitrogens with one attached hydrogen (secondary N) is 1. The van der Waals surface area contributed by atoms with E-state index < -0.39 is 0 Å². The highest BCUT2D eigenvalue weighted by atomic mass is 16.5. The largest absolute Gasteiger partial charge is 0.493 e. The van der Waals surface area contributed by atoms with Crippen LogP contribution in [0.4, 0.5) is 5.69 Å². The summed E-state index contributed by atoms with van der Waals surface area (Å²) in [7, 11) is 0. The summed E-state index contributed by atoms with van der Waals surface area (Å²) in [5.41, 5.74) is 6.55. The van der Waals surface area contributed by atoms with Crippen LogP contribution in [-0.4, -0.2) is 18.3 Å². The number of aryl methyl sites for hydroxylation is 1. The average Bonchev–Trinajstić information content (AvgIpc) is 3.26. The van der Waals surface area contributed by atoms with Crippen molar-refractivity contribution in [3.05, 3.63) is 89.7 Å². The number of amides is 1. The van der Waals surface area contributed by atoms with Crippen molar-refractivity contribution < 1.29 is 18.7 Å². The zero-order valence-electron chi connectivity index (χ0n) is 19.8. The molecule has 0 aliphatic rings. The van der Waals surface area contributed by atoms with Crippen molar-refractivity contribution in [1.82, 2.24) is 0 Å². The molecule has 3 aromatic carbocycles. The molecule has 4 aromatic rings. The molecule has 0 saturated heterocycles. The zero-order chi connectivity index (χ0) is 24.2. The fourth-order valence-corrected chi connectivity index (χ4v) is 4.02. The molecular formula is C29H27NO4. The minimum atomic E-state index is -0.260. The van der Waals surface area contributed by atoms with E-state index in [4.69, 9.17) is 9.15 Å². The predicted octanol–water partition coefficient (Wildman–Crippen LogP) is 7.05. The molecule has 0 bridgehead atoms. The van der Waals surface area contributed by atoms with Crippen LogP contribution in [0.3, 0.4) is 0 Å². The number of ether oxygens (including phenoxy) is 1. The second kappa shape index (κ2) is 9.79. The summed E-state index contributed by atoms with van der Waals surface area (Å²) >= 11 is 0.